The van der Waals surface area contributed by atoms with Gasteiger partial charge in [-0.25, -0.2) is 9.79 Å². The molecule has 3 heterocycles. The fraction of sp³-hybridized carbons (Fsp3) is 0.667. The first-order chi connectivity index (χ1) is 8.19. The average Bonchev–Trinajstić information content (AvgIpc) is 2.63. The minimum Gasteiger partial charge on any atom is -0.430 e. The van der Waals surface area contributed by atoms with Gasteiger partial charge in [-0.1, -0.05) is 0 Å². The van der Waals surface area contributed by atoms with Gasteiger partial charge in [0.1, 0.15) is 6.10 Å². The van der Waals surface area contributed by atoms with Gasteiger partial charge in [-0.15, -0.1) is 0 Å². The van der Waals surface area contributed by atoms with Gasteiger partial charge in [0.2, 0.25) is 5.88 Å². The Hall–Kier alpha value is -1.36. The summed E-state index contributed by atoms with van der Waals surface area (Å²) in [4.78, 5) is 17.3. The third kappa shape index (κ3) is 3.06. The Balaban J connectivity index is 1.87. The van der Waals surface area contributed by atoms with E-state index in [0.717, 1.165) is 38.9 Å². The summed E-state index contributed by atoms with van der Waals surface area (Å²) in [7, 11) is 0. The highest BCUT2D eigenvalue weighted by atomic mass is 16.7. The molecule has 0 aliphatic carbocycles. The Morgan fingerprint density at radius 3 is 2.53 bits per heavy atom. The molecule has 0 radical (unpaired) electrons. The molecule has 0 spiro atoms. The van der Waals surface area contributed by atoms with Crippen LogP contribution in [0, 0.1) is 5.92 Å². The Kier molecular flexibility index (Phi) is 3.78. The lowest BCUT2D eigenvalue weighted by molar-refractivity contribution is 0.0134. The molecule has 0 N–H and O–H groups in total. The van der Waals surface area contributed by atoms with Crippen molar-refractivity contribution >= 4 is 12.9 Å². The number of rotatable bonds is 3. The van der Waals surface area contributed by atoms with Gasteiger partial charge < -0.3 is 14.4 Å². The maximum atomic E-state index is 11.5. The second-order valence-electron chi connectivity index (χ2n) is 4.53. The van der Waals surface area contributed by atoms with Crippen molar-refractivity contribution in [2.75, 3.05) is 19.6 Å². The molecule has 3 fully saturated rings. The van der Waals surface area contributed by atoms with Crippen molar-refractivity contribution in [2.24, 2.45) is 10.9 Å². The fourth-order valence-electron chi connectivity index (χ4n) is 2.53. The number of carbonyl (C=O) groups is 1. The smallest absolute Gasteiger partial charge is 0.430 e. The molecule has 3 saturated heterocycles. The Morgan fingerprint density at radius 2 is 1.88 bits per heavy atom. The monoisotopic (exact) mass is 238 g/mol. The topological polar surface area (TPSA) is 51.1 Å². The minimum absolute atomic E-state index is 0.0170. The third-order valence-electron chi connectivity index (χ3n) is 3.51. The molecule has 0 amide bonds. The second-order valence-corrected chi connectivity index (χ2v) is 4.53. The van der Waals surface area contributed by atoms with Crippen molar-refractivity contribution in [3.05, 3.63) is 12.5 Å². The molecule has 3 aliphatic heterocycles. The summed E-state index contributed by atoms with van der Waals surface area (Å²) in [6, 6.07) is 0. The molecule has 3 aliphatic rings. The van der Waals surface area contributed by atoms with E-state index in [1.165, 1.54) is 0 Å². The summed E-state index contributed by atoms with van der Waals surface area (Å²) >= 11 is 0. The summed E-state index contributed by atoms with van der Waals surface area (Å²) < 4.78 is 10.1. The Morgan fingerprint density at radius 1 is 1.24 bits per heavy atom. The van der Waals surface area contributed by atoms with Crippen LogP contribution in [0.4, 0.5) is 4.79 Å². The van der Waals surface area contributed by atoms with Crippen LogP contribution in [0.3, 0.4) is 0 Å². The predicted octanol–water partition coefficient (Wildman–Crippen LogP) is 1.80. The first-order valence-corrected chi connectivity index (χ1v) is 5.95. The predicted molar refractivity (Wildman–Crippen MR) is 63.8 cm³/mol. The number of hydrogen-bond donors (Lipinski definition) is 0. The lowest BCUT2D eigenvalue weighted by Gasteiger charge is -2.28. The standard InChI is InChI=1S/C12H18N2O3/c1-9(13-2)16-12(15)17-11-5-8-14-6-3-10(11)4-7-14/h10-11H,1-8H2/t11-/m0/s1. The van der Waals surface area contributed by atoms with E-state index in [0.29, 0.717) is 5.92 Å². The summed E-state index contributed by atoms with van der Waals surface area (Å²) in [5, 5.41) is 0. The average molecular weight is 238 g/mol. The first-order valence-electron chi connectivity index (χ1n) is 5.95. The first kappa shape index (κ1) is 12.1. The van der Waals surface area contributed by atoms with Crippen LogP contribution in [0.15, 0.2) is 17.5 Å². The van der Waals surface area contributed by atoms with Crippen LogP contribution >= 0.6 is 0 Å². The van der Waals surface area contributed by atoms with E-state index in [1.807, 2.05) is 0 Å². The number of ether oxygens (including phenoxy) is 2. The highest BCUT2D eigenvalue weighted by molar-refractivity contribution is 5.61. The van der Waals surface area contributed by atoms with Crippen molar-refractivity contribution in [3.8, 4) is 0 Å². The van der Waals surface area contributed by atoms with E-state index in [9.17, 15) is 4.79 Å². The van der Waals surface area contributed by atoms with Crippen LogP contribution in [0.25, 0.3) is 0 Å². The van der Waals surface area contributed by atoms with Crippen LogP contribution in [0.1, 0.15) is 19.3 Å². The Bertz CT molecular complexity index is 322. The zero-order valence-corrected chi connectivity index (χ0v) is 9.93. The quantitative estimate of drug-likeness (QED) is 0.427. The van der Waals surface area contributed by atoms with Crippen molar-refractivity contribution < 1.29 is 14.3 Å². The molecular formula is C12H18N2O3. The molecule has 0 aromatic heterocycles. The highest BCUT2D eigenvalue weighted by Crippen LogP contribution is 2.29. The van der Waals surface area contributed by atoms with Crippen molar-refractivity contribution in [2.45, 2.75) is 25.4 Å². The SMILES string of the molecule is C=NC(=C)OC(=O)O[C@H]1CCN2CCC1CC2. The molecule has 0 aromatic rings. The molecule has 94 valence electrons. The van der Waals surface area contributed by atoms with Gasteiger partial charge in [0.05, 0.1) is 0 Å². The zero-order valence-electron chi connectivity index (χ0n) is 9.93. The van der Waals surface area contributed by atoms with Gasteiger partial charge in [-0.3, -0.25) is 0 Å². The van der Waals surface area contributed by atoms with E-state index >= 15 is 0 Å². The van der Waals surface area contributed by atoms with Crippen LogP contribution in [-0.2, 0) is 9.47 Å². The van der Waals surface area contributed by atoms with Crippen LogP contribution in [0.2, 0.25) is 0 Å². The van der Waals surface area contributed by atoms with E-state index < -0.39 is 6.16 Å². The van der Waals surface area contributed by atoms with Gasteiger partial charge in [0.25, 0.3) is 0 Å². The molecule has 0 aromatic carbocycles. The van der Waals surface area contributed by atoms with Crippen LogP contribution in [-0.4, -0.2) is 43.5 Å². The number of aliphatic imine (C=N–C) groups is 1. The molecular weight excluding hydrogens is 220 g/mol. The summed E-state index contributed by atoms with van der Waals surface area (Å²) in [5.74, 6) is 0.447. The van der Waals surface area contributed by atoms with Crippen molar-refractivity contribution in [3.63, 3.8) is 0 Å². The lowest BCUT2D eigenvalue weighted by atomic mass is 9.93. The lowest BCUT2D eigenvalue weighted by Crippen LogP contribution is -2.32. The number of hydrogen-bond acceptors (Lipinski definition) is 5. The zero-order chi connectivity index (χ0) is 12.3. The summed E-state index contributed by atoms with van der Waals surface area (Å²) in [5.41, 5.74) is 0. The van der Waals surface area contributed by atoms with E-state index in [2.05, 4.69) is 23.2 Å². The molecule has 3 rings (SSSR count). The number of carbonyl (C=O) groups excluding carboxylic acids is 1. The van der Waals surface area contributed by atoms with Gasteiger partial charge in [0, 0.05) is 6.54 Å². The third-order valence-corrected chi connectivity index (χ3v) is 3.51. The number of nitrogens with zero attached hydrogens (tertiary/aromatic N) is 2. The van der Waals surface area contributed by atoms with Gasteiger partial charge in [-0.2, -0.15) is 0 Å². The maximum absolute atomic E-state index is 11.5. The van der Waals surface area contributed by atoms with Crippen molar-refractivity contribution in [1.29, 1.82) is 0 Å². The molecule has 5 heteroatoms. The summed E-state index contributed by atoms with van der Waals surface area (Å²) in [6.45, 7) is 9.85. The normalized spacial score (nSPS) is 31.4. The number of fused-ring (bicyclic) bond motifs is 4. The highest BCUT2D eigenvalue weighted by Gasteiger charge is 2.33. The molecule has 0 saturated carbocycles. The second kappa shape index (κ2) is 5.31. The fourth-order valence-corrected chi connectivity index (χ4v) is 2.53. The Labute approximate surface area is 101 Å². The number of piperidine rings is 1. The molecule has 2 bridgehead atoms. The largest absolute Gasteiger partial charge is 0.515 e. The van der Waals surface area contributed by atoms with E-state index in [-0.39, 0.29) is 12.0 Å². The minimum atomic E-state index is -0.715. The van der Waals surface area contributed by atoms with Crippen LogP contribution in [0.5, 0.6) is 0 Å². The van der Waals surface area contributed by atoms with Gasteiger partial charge in [0.15, 0.2) is 0 Å². The maximum Gasteiger partial charge on any atom is 0.515 e. The molecule has 17 heavy (non-hydrogen) atoms. The molecule has 1 atom stereocenters. The van der Waals surface area contributed by atoms with Crippen molar-refractivity contribution in [1.82, 2.24) is 4.90 Å². The van der Waals surface area contributed by atoms with E-state index in [4.69, 9.17) is 9.47 Å². The van der Waals surface area contributed by atoms with E-state index in [1.54, 1.807) is 0 Å². The van der Waals surface area contributed by atoms with Gasteiger partial charge >= 0.3 is 6.16 Å². The molecule has 5 nitrogen and oxygen atoms in total. The van der Waals surface area contributed by atoms with Gasteiger partial charge in [-0.05, 0) is 51.6 Å². The van der Waals surface area contributed by atoms with Crippen LogP contribution < -0.4 is 0 Å². The molecule has 0 unspecified atom stereocenters. The summed E-state index contributed by atoms with van der Waals surface area (Å²) in [6.07, 6.45) is 2.32.